The topological polar surface area (TPSA) is 66.0 Å². The standard InChI is InChI=1S/C12H20N4O/c13-8-9-5-6-10(17-9)12-15-14-11-4-2-1-3-7-16(11)12/h9-10H,1-8,13H2. The maximum atomic E-state index is 5.91. The molecular weight excluding hydrogens is 216 g/mol. The molecule has 5 heteroatoms. The largest absolute Gasteiger partial charge is 0.366 e. The van der Waals surface area contributed by atoms with E-state index in [0.29, 0.717) is 6.54 Å². The van der Waals surface area contributed by atoms with Gasteiger partial charge in [-0.1, -0.05) is 6.42 Å². The fraction of sp³-hybridized carbons (Fsp3) is 0.833. The summed E-state index contributed by atoms with van der Waals surface area (Å²) in [5.74, 6) is 2.16. The number of nitrogens with zero attached hydrogens (tertiary/aromatic N) is 3. The molecule has 1 fully saturated rings. The van der Waals surface area contributed by atoms with Crippen molar-refractivity contribution in [3.8, 4) is 0 Å². The zero-order valence-corrected chi connectivity index (χ0v) is 10.1. The van der Waals surface area contributed by atoms with Crippen molar-refractivity contribution in [1.82, 2.24) is 14.8 Å². The van der Waals surface area contributed by atoms with Gasteiger partial charge < -0.3 is 15.0 Å². The van der Waals surface area contributed by atoms with E-state index in [-0.39, 0.29) is 12.2 Å². The minimum atomic E-state index is 0.114. The van der Waals surface area contributed by atoms with E-state index in [1.54, 1.807) is 0 Å². The van der Waals surface area contributed by atoms with Crippen LogP contribution in [0.5, 0.6) is 0 Å². The third-order valence-corrected chi connectivity index (χ3v) is 3.80. The van der Waals surface area contributed by atoms with Gasteiger partial charge in [0.1, 0.15) is 11.9 Å². The van der Waals surface area contributed by atoms with Crippen molar-refractivity contribution in [2.24, 2.45) is 5.73 Å². The van der Waals surface area contributed by atoms with Gasteiger partial charge in [0.05, 0.1) is 6.10 Å². The Bertz CT molecular complexity index is 390. The Hall–Kier alpha value is -0.940. The van der Waals surface area contributed by atoms with Gasteiger partial charge in [-0.2, -0.15) is 0 Å². The Labute approximate surface area is 101 Å². The van der Waals surface area contributed by atoms with E-state index < -0.39 is 0 Å². The molecule has 0 saturated carbocycles. The van der Waals surface area contributed by atoms with E-state index in [0.717, 1.165) is 37.5 Å². The van der Waals surface area contributed by atoms with Crippen molar-refractivity contribution in [2.45, 2.75) is 57.3 Å². The molecule has 0 aromatic carbocycles. The van der Waals surface area contributed by atoms with Gasteiger partial charge in [-0.25, -0.2) is 0 Å². The molecular formula is C12H20N4O. The van der Waals surface area contributed by atoms with Crippen molar-refractivity contribution in [3.63, 3.8) is 0 Å². The molecule has 0 amide bonds. The van der Waals surface area contributed by atoms with Crippen LogP contribution < -0.4 is 5.73 Å². The summed E-state index contributed by atoms with van der Waals surface area (Å²) < 4.78 is 8.19. The molecule has 2 atom stereocenters. The first-order chi connectivity index (χ1) is 8.38. The predicted octanol–water partition coefficient (Wildman–Crippen LogP) is 1.18. The Balaban J connectivity index is 1.81. The van der Waals surface area contributed by atoms with Crippen LogP contribution in [0.15, 0.2) is 0 Å². The Kier molecular flexibility index (Phi) is 3.11. The first kappa shape index (κ1) is 11.2. The summed E-state index contributed by atoms with van der Waals surface area (Å²) in [5, 5.41) is 8.65. The smallest absolute Gasteiger partial charge is 0.162 e. The second kappa shape index (κ2) is 4.74. The zero-order chi connectivity index (χ0) is 11.7. The van der Waals surface area contributed by atoms with Gasteiger partial charge in [0.2, 0.25) is 0 Å². The average Bonchev–Trinajstić information content (AvgIpc) is 2.90. The molecule has 1 aromatic rings. The van der Waals surface area contributed by atoms with Crippen molar-refractivity contribution in [2.75, 3.05) is 6.54 Å². The summed E-state index contributed by atoms with van der Waals surface area (Å²) in [6.45, 7) is 1.66. The maximum absolute atomic E-state index is 5.91. The highest BCUT2D eigenvalue weighted by atomic mass is 16.5. The molecule has 94 valence electrons. The first-order valence-electron chi connectivity index (χ1n) is 6.66. The molecule has 5 nitrogen and oxygen atoms in total. The van der Waals surface area contributed by atoms with Crippen LogP contribution in [0, 0.1) is 0 Å². The third-order valence-electron chi connectivity index (χ3n) is 3.80. The molecule has 2 N–H and O–H groups in total. The molecule has 1 aromatic heterocycles. The molecule has 3 heterocycles. The van der Waals surface area contributed by atoms with Gasteiger partial charge in [-0.3, -0.25) is 0 Å². The van der Waals surface area contributed by atoms with Crippen LogP contribution in [0.1, 0.15) is 49.9 Å². The summed E-state index contributed by atoms with van der Waals surface area (Å²) in [6, 6.07) is 0. The molecule has 2 unspecified atom stereocenters. The van der Waals surface area contributed by atoms with Crippen molar-refractivity contribution >= 4 is 0 Å². The fourth-order valence-electron chi connectivity index (χ4n) is 2.81. The Morgan fingerprint density at radius 1 is 1.24 bits per heavy atom. The van der Waals surface area contributed by atoms with E-state index in [1.165, 1.54) is 19.3 Å². The molecule has 17 heavy (non-hydrogen) atoms. The first-order valence-corrected chi connectivity index (χ1v) is 6.66. The lowest BCUT2D eigenvalue weighted by Crippen LogP contribution is -2.19. The highest BCUT2D eigenvalue weighted by Gasteiger charge is 2.30. The lowest BCUT2D eigenvalue weighted by atomic mass is 10.2. The van der Waals surface area contributed by atoms with Gasteiger partial charge >= 0.3 is 0 Å². The second-order valence-corrected chi connectivity index (χ2v) is 5.00. The molecule has 3 rings (SSSR count). The summed E-state index contributed by atoms with van der Waals surface area (Å²) in [6.07, 6.45) is 7.20. The number of fused-ring (bicyclic) bond motifs is 1. The number of hydrogen-bond donors (Lipinski definition) is 1. The number of aromatic nitrogens is 3. The number of ether oxygens (including phenoxy) is 1. The van der Waals surface area contributed by atoms with Gasteiger partial charge in [0, 0.05) is 19.5 Å². The van der Waals surface area contributed by atoms with Crippen molar-refractivity contribution in [1.29, 1.82) is 0 Å². The number of rotatable bonds is 2. The second-order valence-electron chi connectivity index (χ2n) is 5.00. The summed E-state index contributed by atoms with van der Waals surface area (Å²) in [5.41, 5.74) is 5.64. The molecule has 2 aliphatic heterocycles. The van der Waals surface area contributed by atoms with E-state index >= 15 is 0 Å². The van der Waals surface area contributed by atoms with E-state index in [2.05, 4.69) is 14.8 Å². The molecule has 0 spiro atoms. The van der Waals surface area contributed by atoms with E-state index in [1.807, 2.05) is 0 Å². The number of nitrogens with two attached hydrogens (primary N) is 1. The van der Waals surface area contributed by atoms with Crippen LogP contribution in [-0.4, -0.2) is 27.4 Å². The van der Waals surface area contributed by atoms with E-state index in [4.69, 9.17) is 10.5 Å². The minimum Gasteiger partial charge on any atom is -0.366 e. The fourth-order valence-corrected chi connectivity index (χ4v) is 2.81. The van der Waals surface area contributed by atoms with Crippen molar-refractivity contribution < 1.29 is 4.74 Å². The number of hydrogen-bond acceptors (Lipinski definition) is 4. The Morgan fingerprint density at radius 2 is 2.18 bits per heavy atom. The summed E-state index contributed by atoms with van der Waals surface area (Å²) in [7, 11) is 0. The minimum absolute atomic E-state index is 0.114. The Morgan fingerprint density at radius 3 is 3.00 bits per heavy atom. The molecule has 0 radical (unpaired) electrons. The molecule has 0 bridgehead atoms. The molecule has 2 aliphatic rings. The zero-order valence-electron chi connectivity index (χ0n) is 10.1. The van der Waals surface area contributed by atoms with Gasteiger partial charge in [-0.05, 0) is 25.7 Å². The maximum Gasteiger partial charge on any atom is 0.162 e. The van der Waals surface area contributed by atoms with Gasteiger partial charge in [-0.15, -0.1) is 10.2 Å². The quantitative estimate of drug-likeness (QED) is 0.837. The predicted molar refractivity (Wildman–Crippen MR) is 63.5 cm³/mol. The van der Waals surface area contributed by atoms with Crippen LogP contribution in [0.4, 0.5) is 0 Å². The highest BCUT2D eigenvalue weighted by molar-refractivity contribution is 5.02. The summed E-state index contributed by atoms with van der Waals surface area (Å²) in [4.78, 5) is 0. The normalized spacial score (nSPS) is 29.0. The third kappa shape index (κ3) is 2.09. The van der Waals surface area contributed by atoms with Crippen LogP contribution in [0.25, 0.3) is 0 Å². The van der Waals surface area contributed by atoms with Gasteiger partial charge in [0.25, 0.3) is 0 Å². The molecule has 0 aliphatic carbocycles. The van der Waals surface area contributed by atoms with Crippen molar-refractivity contribution in [3.05, 3.63) is 11.6 Å². The average molecular weight is 236 g/mol. The van der Waals surface area contributed by atoms with E-state index in [9.17, 15) is 0 Å². The lowest BCUT2D eigenvalue weighted by Gasteiger charge is -2.13. The van der Waals surface area contributed by atoms with Crippen LogP contribution in [0.2, 0.25) is 0 Å². The molecule has 1 saturated heterocycles. The highest BCUT2D eigenvalue weighted by Crippen LogP contribution is 2.32. The monoisotopic (exact) mass is 236 g/mol. The van der Waals surface area contributed by atoms with Crippen LogP contribution >= 0.6 is 0 Å². The lowest BCUT2D eigenvalue weighted by molar-refractivity contribution is 0.0424. The van der Waals surface area contributed by atoms with Crippen LogP contribution in [0.3, 0.4) is 0 Å². The SMILES string of the molecule is NCC1CCC(c2nnc3n2CCCCC3)O1. The number of aryl methyl sites for hydroxylation is 1. The van der Waals surface area contributed by atoms with Crippen LogP contribution in [-0.2, 0) is 17.7 Å². The summed E-state index contributed by atoms with van der Waals surface area (Å²) >= 11 is 0. The van der Waals surface area contributed by atoms with Gasteiger partial charge in [0.15, 0.2) is 5.82 Å².